The van der Waals surface area contributed by atoms with Gasteiger partial charge in [0.25, 0.3) is 0 Å². The van der Waals surface area contributed by atoms with Crippen LogP contribution >= 0.6 is 11.6 Å². The van der Waals surface area contributed by atoms with Gasteiger partial charge in [-0.15, -0.1) is 0 Å². The largest absolute Gasteiger partial charge is 0.476 e. The monoisotopic (exact) mass is 423 g/mol. The maximum absolute atomic E-state index is 11.1. The van der Waals surface area contributed by atoms with E-state index in [-0.39, 0.29) is 11.1 Å². The molecule has 30 heavy (non-hydrogen) atoms. The van der Waals surface area contributed by atoms with E-state index in [4.69, 9.17) is 21.4 Å². The van der Waals surface area contributed by atoms with Crippen molar-refractivity contribution in [2.24, 2.45) is 0 Å². The van der Waals surface area contributed by atoms with Crippen LogP contribution in [0.5, 0.6) is 0 Å². The lowest BCUT2D eigenvalue weighted by Crippen LogP contribution is -2.29. The van der Waals surface area contributed by atoms with Crippen molar-refractivity contribution in [3.8, 4) is 0 Å². The molecule has 0 amide bonds. The molecule has 1 saturated carbocycles. The maximum Gasteiger partial charge on any atom is 0.356 e. The van der Waals surface area contributed by atoms with Crippen LogP contribution in [0.2, 0.25) is 5.02 Å². The molecule has 1 aromatic heterocycles. The SMILES string of the molecule is O=C(O)c1cn(CCN2COCC3(CC3c3ccc(Cl)cc3)c3ccccc32)cn1. The van der Waals surface area contributed by atoms with Crippen molar-refractivity contribution in [1.82, 2.24) is 9.55 Å². The van der Waals surface area contributed by atoms with Crippen molar-refractivity contribution in [2.45, 2.75) is 24.3 Å². The van der Waals surface area contributed by atoms with Crippen LogP contribution < -0.4 is 4.90 Å². The number of ether oxygens (including phenoxy) is 1. The normalized spacial score (nSPS) is 22.6. The predicted octanol–water partition coefficient (Wildman–Crippen LogP) is 4.15. The highest BCUT2D eigenvalue weighted by molar-refractivity contribution is 6.30. The van der Waals surface area contributed by atoms with Gasteiger partial charge in [0, 0.05) is 35.4 Å². The van der Waals surface area contributed by atoms with Crippen molar-refractivity contribution in [1.29, 1.82) is 0 Å². The molecule has 1 aliphatic heterocycles. The van der Waals surface area contributed by atoms with Gasteiger partial charge >= 0.3 is 5.97 Å². The van der Waals surface area contributed by atoms with Gasteiger partial charge in [-0.25, -0.2) is 9.78 Å². The number of benzene rings is 2. The average Bonchev–Trinajstić information content (AvgIpc) is 3.32. The summed E-state index contributed by atoms with van der Waals surface area (Å²) < 4.78 is 7.96. The smallest absolute Gasteiger partial charge is 0.356 e. The number of rotatable bonds is 5. The minimum Gasteiger partial charge on any atom is -0.476 e. The Kier molecular flexibility index (Phi) is 4.76. The van der Waals surface area contributed by atoms with E-state index in [0.717, 1.165) is 11.4 Å². The number of carboxylic acid groups (broad SMARTS) is 1. The zero-order valence-corrected chi connectivity index (χ0v) is 17.1. The lowest BCUT2D eigenvalue weighted by atomic mass is 9.90. The highest BCUT2D eigenvalue weighted by Crippen LogP contribution is 2.63. The number of halogens is 1. The summed E-state index contributed by atoms with van der Waals surface area (Å²) in [6.07, 6.45) is 4.18. The Morgan fingerprint density at radius 1 is 1.20 bits per heavy atom. The summed E-state index contributed by atoms with van der Waals surface area (Å²) in [4.78, 5) is 17.2. The zero-order valence-electron chi connectivity index (χ0n) is 16.4. The summed E-state index contributed by atoms with van der Waals surface area (Å²) in [7, 11) is 0. The maximum atomic E-state index is 11.1. The van der Waals surface area contributed by atoms with E-state index in [1.165, 1.54) is 16.8 Å². The van der Waals surface area contributed by atoms with Gasteiger partial charge in [-0.2, -0.15) is 0 Å². The molecule has 2 atom stereocenters. The van der Waals surface area contributed by atoms with Crippen LogP contribution in [0.3, 0.4) is 0 Å². The molecule has 154 valence electrons. The number of aromatic nitrogens is 2. The molecule has 1 fully saturated rings. The van der Waals surface area contributed by atoms with E-state index < -0.39 is 5.97 Å². The van der Waals surface area contributed by atoms with Gasteiger partial charge in [0.05, 0.1) is 12.9 Å². The Balaban J connectivity index is 1.39. The number of nitrogens with zero attached hydrogens (tertiary/aromatic N) is 3. The van der Waals surface area contributed by atoms with Crippen molar-refractivity contribution in [2.75, 3.05) is 24.8 Å². The quantitative estimate of drug-likeness (QED) is 0.667. The lowest BCUT2D eigenvalue weighted by Gasteiger charge is -2.25. The fraction of sp³-hybridized carbons (Fsp3) is 0.304. The molecule has 0 bridgehead atoms. The number of carboxylic acids is 1. The number of carbonyl (C=O) groups is 1. The van der Waals surface area contributed by atoms with Gasteiger partial charge in [0.1, 0.15) is 6.73 Å². The van der Waals surface area contributed by atoms with Gasteiger partial charge in [0.2, 0.25) is 0 Å². The Morgan fingerprint density at radius 3 is 2.77 bits per heavy atom. The summed E-state index contributed by atoms with van der Waals surface area (Å²) in [6.45, 7) is 2.52. The molecule has 1 aliphatic carbocycles. The summed E-state index contributed by atoms with van der Waals surface area (Å²) in [6, 6.07) is 16.7. The van der Waals surface area contributed by atoms with Crippen LogP contribution in [0.4, 0.5) is 5.69 Å². The molecular weight excluding hydrogens is 402 g/mol. The number of hydrogen-bond acceptors (Lipinski definition) is 4. The number of anilines is 1. The number of aromatic carboxylic acids is 1. The fourth-order valence-corrected chi connectivity index (χ4v) is 4.69. The lowest BCUT2D eigenvalue weighted by molar-refractivity contribution is 0.0691. The molecule has 0 saturated heterocycles. The molecule has 7 heteroatoms. The summed E-state index contributed by atoms with van der Waals surface area (Å²) in [5.41, 5.74) is 3.85. The molecule has 2 heterocycles. The molecule has 2 aromatic carbocycles. The second kappa shape index (κ2) is 7.45. The minimum atomic E-state index is -1.01. The molecule has 1 spiro atoms. The molecule has 2 unspecified atom stereocenters. The molecule has 6 nitrogen and oxygen atoms in total. The van der Waals surface area contributed by atoms with Crippen LogP contribution in [0.25, 0.3) is 0 Å². The van der Waals surface area contributed by atoms with Crippen molar-refractivity contribution in [3.05, 3.63) is 82.9 Å². The predicted molar refractivity (Wildman–Crippen MR) is 114 cm³/mol. The second-order valence-electron chi connectivity index (χ2n) is 8.02. The van der Waals surface area contributed by atoms with Gasteiger partial charge in [-0.3, -0.25) is 0 Å². The molecule has 2 aliphatic rings. The number of imidazole rings is 1. The molecule has 3 aromatic rings. The van der Waals surface area contributed by atoms with Crippen molar-refractivity contribution in [3.63, 3.8) is 0 Å². The van der Waals surface area contributed by atoms with E-state index in [9.17, 15) is 4.79 Å². The van der Waals surface area contributed by atoms with Gasteiger partial charge in [-0.1, -0.05) is 41.9 Å². The van der Waals surface area contributed by atoms with Crippen molar-refractivity contribution >= 4 is 23.3 Å². The third-order valence-electron chi connectivity index (χ3n) is 6.22. The number of para-hydroxylation sites is 1. The first-order valence-electron chi connectivity index (χ1n) is 9.99. The summed E-state index contributed by atoms with van der Waals surface area (Å²) in [5.74, 6) is -0.594. The molecule has 0 radical (unpaired) electrons. The summed E-state index contributed by atoms with van der Waals surface area (Å²) in [5, 5.41) is 9.82. The number of fused-ring (bicyclic) bond motifs is 2. The van der Waals surface area contributed by atoms with E-state index >= 15 is 0 Å². The van der Waals surface area contributed by atoms with Crippen LogP contribution in [-0.4, -0.2) is 40.5 Å². The topological polar surface area (TPSA) is 67.6 Å². The van der Waals surface area contributed by atoms with Gasteiger partial charge in [-0.05, 0) is 41.7 Å². The van der Waals surface area contributed by atoms with Crippen LogP contribution in [0.15, 0.2) is 61.1 Å². The van der Waals surface area contributed by atoms with Crippen LogP contribution in [0, 0.1) is 0 Å². The standard InChI is InChI=1S/C23H22ClN3O3/c24-17-7-5-16(6-8-17)19-11-23(19)13-30-15-27(21-4-2-1-3-18(21)23)10-9-26-12-20(22(28)29)25-14-26/h1-8,12,14,19H,9-11,13,15H2,(H,28,29). The highest BCUT2D eigenvalue weighted by atomic mass is 35.5. The minimum absolute atomic E-state index is 0.00927. The van der Waals surface area contributed by atoms with E-state index in [0.29, 0.717) is 32.3 Å². The average molecular weight is 424 g/mol. The molecule has 1 N–H and O–H groups in total. The Labute approximate surface area is 179 Å². The molecular formula is C23H22ClN3O3. The fourth-order valence-electron chi connectivity index (χ4n) is 4.56. The third-order valence-corrected chi connectivity index (χ3v) is 6.47. The Morgan fingerprint density at radius 2 is 2.00 bits per heavy atom. The molecule has 5 rings (SSSR count). The zero-order chi connectivity index (χ0) is 20.7. The van der Waals surface area contributed by atoms with E-state index in [1.54, 1.807) is 17.1 Å². The third kappa shape index (κ3) is 3.36. The highest BCUT2D eigenvalue weighted by Gasteiger charge is 2.58. The van der Waals surface area contributed by atoms with E-state index in [1.807, 2.05) is 12.1 Å². The second-order valence-corrected chi connectivity index (χ2v) is 8.46. The van der Waals surface area contributed by atoms with Gasteiger partial charge < -0.3 is 19.3 Å². The van der Waals surface area contributed by atoms with Crippen LogP contribution in [-0.2, 0) is 16.7 Å². The first-order valence-corrected chi connectivity index (χ1v) is 10.4. The Hall–Kier alpha value is -2.83. The van der Waals surface area contributed by atoms with Crippen molar-refractivity contribution < 1.29 is 14.6 Å². The first kappa shape index (κ1) is 19.2. The first-order chi connectivity index (χ1) is 14.6. The van der Waals surface area contributed by atoms with Crippen LogP contribution in [0.1, 0.15) is 34.0 Å². The summed E-state index contributed by atoms with van der Waals surface area (Å²) >= 11 is 6.07. The van der Waals surface area contributed by atoms with E-state index in [2.05, 4.69) is 46.3 Å². The Bertz CT molecular complexity index is 1080. The number of hydrogen-bond donors (Lipinski definition) is 1. The van der Waals surface area contributed by atoms with Gasteiger partial charge in [0.15, 0.2) is 5.69 Å².